The summed E-state index contributed by atoms with van der Waals surface area (Å²) < 4.78 is 5.12. The zero-order chi connectivity index (χ0) is 13.6. The Morgan fingerprint density at radius 1 is 1.39 bits per heavy atom. The number of aliphatic hydroxyl groups is 2. The number of hydrogen-bond donors (Lipinski definition) is 3. The van der Waals surface area contributed by atoms with Crippen molar-refractivity contribution >= 4 is 0 Å². The van der Waals surface area contributed by atoms with Crippen LogP contribution in [0.1, 0.15) is 31.9 Å². The summed E-state index contributed by atoms with van der Waals surface area (Å²) in [4.78, 5) is 0. The van der Waals surface area contributed by atoms with Gasteiger partial charge in [0, 0.05) is 18.7 Å². The van der Waals surface area contributed by atoms with Crippen molar-refractivity contribution in [2.45, 2.75) is 31.9 Å². The van der Waals surface area contributed by atoms with E-state index in [-0.39, 0.29) is 12.1 Å². The Labute approximate surface area is 109 Å². The molecule has 1 atom stereocenters. The number of methoxy groups -OCH3 is 1. The molecule has 4 nitrogen and oxygen atoms in total. The molecule has 1 aromatic carbocycles. The third-order valence-electron chi connectivity index (χ3n) is 2.99. The van der Waals surface area contributed by atoms with Gasteiger partial charge in [-0.25, -0.2) is 0 Å². The van der Waals surface area contributed by atoms with Crippen LogP contribution >= 0.6 is 0 Å². The summed E-state index contributed by atoms with van der Waals surface area (Å²) in [7, 11) is 1.61. The lowest BCUT2D eigenvalue weighted by Crippen LogP contribution is -2.42. The fourth-order valence-corrected chi connectivity index (χ4v) is 1.71. The van der Waals surface area contributed by atoms with Crippen molar-refractivity contribution in [3.05, 3.63) is 29.8 Å². The van der Waals surface area contributed by atoms with Gasteiger partial charge in [0.05, 0.1) is 13.2 Å². The molecule has 0 spiro atoms. The van der Waals surface area contributed by atoms with Crippen LogP contribution in [0.3, 0.4) is 0 Å². The summed E-state index contributed by atoms with van der Waals surface area (Å²) in [5, 5.41) is 22.3. The largest absolute Gasteiger partial charge is 0.497 e. The number of ether oxygens (including phenoxy) is 1. The zero-order valence-electron chi connectivity index (χ0n) is 11.3. The lowest BCUT2D eigenvalue weighted by atomic mass is 10.0. The molecule has 1 rings (SSSR count). The van der Waals surface area contributed by atoms with Crippen molar-refractivity contribution in [2.24, 2.45) is 0 Å². The van der Waals surface area contributed by atoms with Gasteiger partial charge in [0.15, 0.2) is 0 Å². The fourth-order valence-electron chi connectivity index (χ4n) is 1.71. The summed E-state index contributed by atoms with van der Waals surface area (Å²) in [5.41, 5.74) is 0.635. The Morgan fingerprint density at radius 2 is 2.11 bits per heavy atom. The van der Waals surface area contributed by atoms with Crippen LogP contribution in [0.25, 0.3) is 0 Å². The van der Waals surface area contributed by atoms with Gasteiger partial charge < -0.3 is 20.3 Å². The quantitative estimate of drug-likeness (QED) is 0.689. The standard InChI is InChI=1S/C14H23NO3/c1-14(2,7-8-16)15-10-13(17)11-5-4-6-12(9-11)18-3/h4-6,9,13,15-17H,7-8,10H2,1-3H3. The first-order valence-electron chi connectivity index (χ1n) is 6.16. The van der Waals surface area contributed by atoms with E-state index in [4.69, 9.17) is 9.84 Å². The molecule has 0 heterocycles. The minimum absolute atomic E-state index is 0.134. The highest BCUT2D eigenvalue weighted by Crippen LogP contribution is 2.19. The normalized spacial score (nSPS) is 13.4. The van der Waals surface area contributed by atoms with Crippen molar-refractivity contribution < 1.29 is 14.9 Å². The maximum absolute atomic E-state index is 10.1. The third-order valence-corrected chi connectivity index (χ3v) is 2.99. The van der Waals surface area contributed by atoms with Gasteiger partial charge in [0.1, 0.15) is 5.75 Å². The van der Waals surface area contributed by atoms with Gasteiger partial charge in [-0.2, -0.15) is 0 Å². The van der Waals surface area contributed by atoms with E-state index in [1.807, 2.05) is 38.1 Å². The molecule has 0 aromatic heterocycles. The van der Waals surface area contributed by atoms with Crippen LogP contribution in [0.5, 0.6) is 5.75 Å². The molecule has 1 aromatic rings. The number of hydrogen-bond acceptors (Lipinski definition) is 4. The first-order chi connectivity index (χ1) is 8.48. The molecule has 0 saturated carbocycles. The van der Waals surface area contributed by atoms with Crippen LogP contribution in [0.15, 0.2) is 24.3 Å². The monoisotopic (exact) mass is 253 g/mol. The smallest absolute Gasteiger partial charge is 0.119 e. The SMILES string of the molecule is COc1cccc(C(O)CNC(C)(C)CCO)c1. The second-order valence-electron chi connectivity index (χ2n) is 5.03. The van der Waals surface area contributed by atoms with Crippen LogP contribution in [0, 0.1) is 0 Å². The molecule has 0 amide bonds. The van der Waals surface area contributed by atoms with Crippen molar-refractivity contribution in [1.82, 2.24) is 5.32 Å². The first kappa shape index (κ1) is 15.0. The first-order valence-corrected chi connectivity index (χ1v) is 6.16. The highest BCUT2D eigenvalue weighted by Gasteiger charge is 2.18. The second kappa shape index (κ2) is 6.73. The van der Waals surface area contributed by atoms with E-state index in [9.17, 15) is 5.11 Å². The maximum atomic E-state index is 10.1. The number of β-amino-alcohol motifs (C(OH)–C–C–N with tert-alkyl or cyclic N) is 1. The Bertz CT molecular complexity index is 366. The molecule has 18 heavy (non-hydrogen) atoms. The van der Waals surface area contributed by atoms with Crippen LogP contribution in [0.4, 0.5) is 0 Å². The van der Waals surface area contributed by atoms with Crippen LogP contribution in [0.2, 0.25) is 0 Å². The van der Waals surface area contributed by atoms with E-state index in [1.165, 1.54) is 0 Å². The van der Waals surface area contributed by atoms with Crippen molar-refractivity contribution in [3.8, 4) is 5.75 Å². The van der Waals surface area contributed by atoms with Crippen LogP contribution in [-0.4, -0.2) is 36.0 Å². The highest BCUT2D eigenvalue weighted by molar-refractivity contribution is 5.29. The van der Waals surface area contributed by atoms with E-state index in [2.05, 4.69) is 5.32 Å². The summed E-state index contributed by atoms with van der Waals surface area (Å²) in [5.74, 6) is 0.737. The molecular formula is C14H23NO3. The number of aliphatic hydroxyl groups excluding tert-OH is 2. The summed E-state index contributed by atoms with van der Waals surface area (Å²) in [6, 6.07) is 7.40. The number of nitrogens with one attached hydrogen (secondary N) is 1. The van der Waals surface area contributed by atoms with E-state index < -0.39 is 6.10 Å². The van der Waals surface area contributed by atoms with Gasteiger partial charge in [-0.1, -0.05) is 12.1 Å². The number of benzene rings is 1. The summed E-state index contributed by atoms with van der Waals surface area (Å²) in [6.07, 6.45) is 0.0655. The van der Waals surface area contributed by atoms with Gasteiger partial charge in [0.25, 0.3) is 0 Å². The predicted octanol–water partition coefficient (Wildman–Crippen LogP) is 1.48. The molecule has 0 radical (unpaired) electrons. The summed E-state index contributed by atoms with van der Waals surface area (Å²) in [6.45, 7) is 4.58. The highest BCUT2D eigenvalue weighted by atomic mass is 16.5. The fraction of sp³-hybridized carbons (Fsp3) is 0.571. The molecule has 0 aliphatic heterocycles. The maximum Gasteiger partial charge on any atom is 0.119 e. The zero-order valence-corrected chi connectivity index (χ0v) is 11.3. The molecule has 3 N–H and O–H groups in total. The van der Waals surface area contributed by atoms with Crippen molar-refractivity contribution in [2.75, 3.05) is 20.3 Å². The molecule has 0 aliphatic carbocycles. The van der Waals surface area contributed by atoms with Gasteiger partial charge in [0.2, 0.25) is 0 Å². The van der Waals surface area contributed by atoms with Crippen LogP contribution < -0.4 is 10.1 Å². The minimum Gasteiger partial charge on any atom is -0.497 e. The van der Waals surface area contributed by atoms with Crippen LogP contribution in [-0.2, 0) is 0 Å². The van der Waals surface area contributed by atoms with Gasteiger partial charge >= 0.3 is 0 Å². The molecule has 0 saturated heterocycles. The van der Waals surface area contributed by atoms with Gasteiger partial charge in [-0.15, -0.1) is 0 Å². The van der Waals surface area contributed by atoms with Gasteiger partial charge in [-0.05, 0) is 38.0 Å². The lowest BCUT2D eigenvalue weighted by molar-refractivity contribution is 0.151. The van der Waals surface area contributed by atoms with Crippen molar-refractivity contribution in [3.63, 3.8) is 0 Å². The minimum atomic E-state index is -0.585. The molecule has 0 aliphatic rings. The van der Waals surface area contributed by atoms with E-state index in [0.717, 1.165) is 11.3 Å². The average molecular weight is 253 g/mol. The lowest BCUT2D eigenvalue weighted by Gasteiger charge is -2.27. The molecule has 102 valence electrons. The van der Waals surface area contributed by atoms with E-state index in [0.29, 0.717) is 13.0 Å². The molecule has 1 unspecified atom stereocenters. The molecule has 0 fully saturated rings. The Hall–Kier alpha value is -1.10. The third kappa shape index (κ3) is 4.64. The second-order valence-corrected chi connectivity index (χ2v) is 5.03. The average Bonchev–Trinajstić information content (AvgIpc) is 2.36. The van der Waals surface area contributed by atoms with Gasteiger partial charge in [-0.3, -0.25) is 0 Å². The Morgan fingerprint density at radius 3 is 2.72 bits per heavy atom. The Kier molecular flexibility index (Phi) is 5.59. The predicted molar refractivity (Wildman–Crippen MR) is 71.7 cm³/mol. The Balaban J connectivity index is 2.56. The summed E-state index contributed by atoms with van der Waals surface area (Å²) >= 11 is 0. The topological polar surface area (TPSA) is 61.7 Å². The molecule has 0 bridgehead atoms. The number of rotatable bonds is 7. The van der Waals surface area contributed by atoms with E-state index in [1.54, 1.807) is 7.11 Å². The molecule has 4 heteroatoms. The van der Waals surface area contributed by atoms with E-state index >= 15 is 0 Å². The molecular weight excluding hydrogens is 230 g/mol. The van der Waals surface area contributed by atoms with Crippen molar-refractivity contribution in [1.29, 1.82) is 0 Å².